The first-order valence-electron chi connectivity index (χ1n) is 4.55. The van der Waals surface area contributed by atoms with E-state index >= 15 is 0 Å². The normalized spacial score (nSPS) is 10.7. The van der Waals surface area contributed by atoms with E-state index in [0.29, 0.717) is 10.5 Å². The van der Waals surface area contributed by atoms with Gasteiger partial charge in [-0.25, -0.2) is 4.98 Å². The molecule has 0 saturated heterocycles. The molecular formula is C10H6Cl2N2O3. The Kier molecular flexibility index (Phi) is 3.04. The molecule has 0 aliphatic rings. The number of nitrogens with zero attached hydrogens (tertiary/aromatic N) is 2. The van der Waals surface area contributed by atoms with Crippen LogP contribution in [0.5, 0.6) is 0 Å². The molecule has 0 spiro atoms. The van der Waals surface area contributed by atoms with Crippen molar-refractivity contribution < 1.29 is 9.90 Å². The van der Waals surface area contributed by atoms with Crippen molar-refractivity contribution in [1.82, 2.24) is 9.55 Å². The molecule has 5 nitrogen and oxygen atoms in total. The highest BCUT2D eigenvalue weighted by Crippen LogP contribution is 2.23. The molecule has 2 aromatic rings. The van der Waals surface area contributed by atoms with Crippen LogP contribution in [0.2, 0.25) is 10.0 Å². The van der Waals surface area contributed by atoms with Crippen molar-refractivity contribution in [2.45, 2.75) is 6.54 Å². The van der Waals surface area contributed by atoms with E-state index in [4.69, 9.17) is 28.3 Å². The summed E-state index contributed by atoms with van der Waals surface area (Å²) >= 11 is 11.7. The van der Waals surface area contributed by atoms with E-state index in [0.717, 1.165) is 10.9 Å². The van der Waals surface area contributed by atoms with Crippen molar-refractivity contribution in [2.24, 2.45) is 0 Å². The lowest BCUT2D eigenvalue weighted by Crippen LogP contribution is -2.24. The topological polar surface area (TPSA) is 72.2 Å². The number of carboxylic acids is 1. The minimum Gasteiger partial charge on any atom is -0.480 e. The van der Waals surface area contributed by atoms with Crippen molar-refractivity contribution in [1.29, 1.82) is 0 Å². The third-order valence-corrected chi connectivity index (χ3v) is 2.66. The molecule has 0 amide bonds. The number of fused-ring (bicyclic) bond motifs is 1. The van der Waals surface area contributed by atoms with Crippen LogP contribution in [-0.4, -0.2) is 20.6 Å². The third-order valence-electron chi connectivity index (χ3n) is 2.15. The van der Waals surface area contributed by atoms with Gasteiger partial charge in [0.05, 0.1) is 22.3 Å². The van der Waals surface area contributed by atoms with Crippen LogP contribution in [0.15, 0.2) is 23.3 Å². The highest BCUT2D eigenvalue weighted by atomic mass is 35.5. The minimum absolute atomic E-state index is 0.200. The summed E-state index contributed by atoms with van der Waals surface area (Å²) in [6, 6.07) is 2.88. The smallest absolute Gasteiger partial charge is 0.323 e. The van der Waals surface area contributed by atoms with Crippen molar-refractivity contribution in [3.05, 3.63) is 38.9 Å². The van der Waals surface area contributed by atoms with Crippen LogP contribution in [0.1, 0.15) is 0 Å². The second-order valence-electron chi connectivity index (χ2n) is 3.36. The summed E-state index contributed by atoms with van der Waals surface area (Å²) in [7, 11) is 0. The molecule has 0 atom stereocenters. The second kappa shape index (κ2) is 4.35. The second-order valence-corrected chi connectivity index (χ2v) is 4.20. The van der Waals surface area contributed by atoms with Crippen molar-refractivity contribution in [3.63, 3.8) is 0 Å². The van der Waals surface area contributed by atoms with E-state index in [1.807, 2.05) is 0 Å². The van der Waals surface area contributed by atoms with Gasteiger partial charge >= 0.3 is 5.97 Å². The van der Waals surface area contributed by atoms with Gasteiger partial charge in [0.1, 0.15) is 6.54 Å². The largest absolute Gasteiger partial charge is 0.480 e. The van der Waals surface area contributed by atoms with Gasteiger partial charge in [0.15, 0.2) is 0 Å². The van der Waals surface area contributed by atoms with Gasteiger partial charge in [-0.2, -0.15) is 0 Å². The summed E-state index contributed by atoms with van der Waals surface area (Å²) in [6.45, 7) is -0.452. The van der Waals surface area contributed by atoms with Crippen molar-refractivity contribution in [2.75, 3.05) is 0 Å². The quantitative estimate of drug-likeness (QED) is 0.905. The first kappa shape index (κ1) is 11.9. The molecule has 0 saturated carbocycles. The van der Waals surface area contributed by atoms with E-state index in [-0.39, 0.29) is 10.4 Å². The summed E-state index contributed by atoms with van der Waals surface area (Å²) in [6.07, 6.45) is 1.15. The monoisotopic (exact) mass is 272 g/mol. The van der Waals surface area contributed by atoms with Gasteiger partial charge in [0.2, 0.25) is 0 Å². The molecule has 0 fully saturated rings. The molecule has 1 aromatic carbocycles. The Morgan fingerprint density at radius 1 is 1.41 bits per heavy atom. The molecule has 0 unspecified atom stereocenters. The van der Waals surface area contributed by atoms with Crippen molar-refractivity contribution in [3.8, 4) is 0 Å². The molecule has 2 rings (SSSR count). The summed E-state index contributed by atoms with van der Waals surface area (Å²) < 4.78 is 0.983. The van der Waals surface area contributed by atoms with Gasteiger partial charge < -0.3 is 5.11 Å². The van der Waals surface area contributed by atoms with Gasteiger partial charge in [0.25, 0.3) is 5.56 Å². The maximum Gasteiger partial charge on any atom is 0.323 e. The Labute approximate surface area is 105 Å². The predicted octanol–water partition coefficient (Wildman–Crippen LogP) is 1.79. The number of hydrogen-bond acceptors (Lipinski definition) is 3. The molecule has 1 heterocycles. The van der Waals surface area contributed by atoms with E-state index in [2.05, 4.69) is 4.98 Å². The minimum atomic E-state index is -1.12. The number of rotatable bonds is 2. The lowest BCUT2D eigenvalue weighted by molar-refractivity contribution is -0.137. The van der Waals surface area contributed by atoms with Gasteiger partial charge in [-0.05, 0) is 12.1 Å². The fourth-order valence-electron chi connectivity index (χ4n) is 1.45. The molecule has 0 radical (unpaired) electrons. The van der Waals surface area contributed by atoms with Gasteiger partial charge in [-0.3, -0.25) is 14.2 Å². The third kappa shape index (κ3) is 2.25. The summed E-state index contributed by atoms with van der Waals surface area (Å²) in [4.78, 5) is 26.4. The number of benzene rings is 1. The van der Waals surface area contributed by atoms with Crippen LogP contribution in [0.25, 0.3) is 10.9 Å². The Morgan fingerprint density at radius 3 is 2.76 bits per heavy atom. The molecule has 1 aromatic heterocycles. The summed E-state index contributed by atoms with van der Waals surface area (Å²) in [5, 5.41) is 9.39. The average Bonchev–Trinajstić information content (AvgIpc) is 2.22. The van der Waals surface area contributed by atoms with Crippen LogP contribution in [0.4, 0.5) is 0 Å². The molecule has 88 valence electrons. The fraction of sp³-hybridized carbons (Fsp3) is 0.100. The Bertz CT molecular complexity index is 666. The number of halogens is 2. The number of carbonyl (C=O) groups is 1. The maximum absolute atomic E-state index is 11.9. The first-order valence-corrected chi connectivity index (χ1v) is 5.30. The van der Waals surface area contributed by atoms with Gasteiger partial charge in [-0.15, -0.1) is 0 Å². The van der Waals surface area contributed by atoms with E-state index in [1.165, 1.54) is 12.1 Å². The Balaban J connectivity index is 2.75. The Morgan fingerprint density at radius 2 is 2.12 bits per heavy atom. The van der Waals surface area contributed by atoms with Gasteiger partial charge in [-0.1, -0.05) is 23.2 Å². The molecular weight excluding hydrogens is 267 g/mol. The molecule has 0 aliphatic carbocycles. The summed E-state index contributed by atoms with van der Waals surface area (Å²) in [5.41, 5.74) is -0.176. The number of carboxylic acid groups (broad SMARTS) is 1. The first-order chi connectivity index (χ1) is 7.99. The zero-order chi connectivity index (χ0) is 12.6. The average molecular weight is 273 g/mol. The molecule has 1 N–H and O–H groups in total. The van der Waals surface area contributed by atoms with E-state index < -0.39 is 18.1 Å². The highest BCUT2D eigenvalue weighted by molar-refractivity contribution is 6.38. The number of aliphatic carboxylic acids is 1. The maximum atomic E-state index is 11.9. The fourth-order valence-corrected chi connectivity index (χ4v) is 2.00. The Hall–Kier alpha value is -1.59. The predicted molar refractivity (Wildman–Crippen MR) is 63.7 cm³/mol. The van der Waals surface area contributed by atoms with Crippen LogP contribution >= 0.6 is 23.2 Å². The summed E-state index contributed by atoms with van der Waals surface area (Å²) in [5.74, 6) is -1.12. The van der Waals surface area contributed by atoms with E-state index in [9.17, 15) is 9.59 Å². The number of aromatic nitrogens is 2. The molecule has 0 aliphatic heterocycles. The molecule has 7 heteroatoms. The molecule has 17 heavy (non-hydrogen) atoms. The SMILES string of the molecule is O=C(O)Cn1cnc2c(Cl)cc(Cl)cc2c1=O. The van der Waals surface area contributed by atoms with Crippen LogP contribution in [0.3, 0.4) is 0 Å². The highest BCUT2D eigenvalue weighted by Gasteiger charge is 2.10. The van der Waals surface area contributed by atoms with E-state index in [1.54, 1.807) is 0 Å². The van der Waals surface area contributed by atoms with Crippen LogP contribution < -0.4 is 5.56 Å². The lowest BCUT2D eigenvalue weighted by atomic mass is 10.2. The molecule has 0 bridgehead atoms. The zero-order valence-electron chi connectivity index (χ0n) is 8.35. The standard InChI is InChI=1S/C10H6Cl2N2O3/c11-5-1-6-9(7(12)2-5)13-4-14(10(6)17)3-8(15)16/h1-2,4H,3H2,(H,15,16). The van der Waals surface area contributed by atoms with Crippen LogP contribution in [-0.2, 0) is 11.3 Å². The van der Waals surface area contributed by atoms with Crippen LogP contribution in [0, 0.1) is 0 Å². The van der Waals surface area contributed by atoms with Gasteiger partial charge in [0, 0.05) is 5.02 Å². The van der Waals surface area contributed by atoms with Crippen molar-refractivity contribution >= 4 is 40.1 Å². The lowest BCUT2D eigenvalue weighted by Gasteiger charge is -2.05. The zero-order valence-corrected chi connectivity index (χ0v) is 9.87. The number of hydrogen-bond donors (Lipinski definition) is 1.